The molecule has 0 saturated carbocycles. The second kappa shape index (κ2) is 6.42. The van der Waals surface area contributed by atoms with E-state index in [0.29, 0.717) is 18.5 Å². The fourth-order valence-electron chi connectivity index (χ4n) is 4.03. The summed E-state index contributed by atoms with van der Waals surface area (Å²) in [5.74, 6) is 2.78. The lowest BCUT2D eigenvalue weighted by Crippen LogP contribution is -2.26. The topological polar surface area (TPSA) is 56.1 Å². The number of hydrogen-bond acceptors (Lipinski definition) is 5. The van der Waals surface area contributed by atoms with Crippen molar-refractivity contribution in [2.45, 2.75) is 51.5 Å². The molecule has 2 aromatic heterocycles. The zero-order valence-electron chi connectivity index (χ0n) is 14.5. The second-order valence-corrected chi connectivity index (χ2v) is 6.63. The number of nitrogens with zero attached hydrogens (tertiary/aromatic N) is 5. The number of aromatic nitrogens is 4. The molecule has 24 heavy (non-hydrogen) atoms. The van der Waals surface area contributed by atoms with Crippen LogP contribution < -0.4 is 9.64 Å². The summed E-state index contributed by atoms with van der Waals surface area (Å²) < 4.78 is 7.87. The van der Waals surface area contributed by atoms with E-state index in [0.717, 1.165) is 38.0 Å². The number of ether oxygens (including phenoxy) is 1. The van der Waals surface area contributed by atoms with Gasteiger partial charge in [0, 0.05) is 25.4 Å². The number of fused-ring (bicyclic) bond motifs is 1. The third kappa shape index (κ3) is 2.64. The van der Waals surface area contributed by atoms with Crippen LogP contribution in [-0.2, 0) is 19.9 Å². The molecule has 1 saturated heterocycles. The van der Waals surface area contributed by atoms with Gasteiger partial charge in [0.1, 0.15) is 18.0 Å². The molecule has 1 atom stereocenters. The smallest absolute Gasteiger partial charge is 0.218 e. The molecule has 6 heteroatoms. The van der Waals surface area contributed by atoms with E-state index < -0.39 is 0 Å². The van der Waals surface area contributed by atoms with Crippen molar-refractivity contribution < 1.29 is 4.74 Å². The van der Waals surface area contributed by atoms with Crippen LogP contribution in [-0.4, -0.2) is 32.7 Å². The molecular formula is C18H25N5O. The zero-order valence-corrected chi connectivity index (χ0v) is 14.5. The van der Waals surface area contributed by atoms with Gasteiger partial charge in [-0.05, 0) is 45.4 Å². The Morgan fingerprint density at radius 3 is 2.92 bits per heavy atom. The van der Waals surface area contributed by atoms with Crippen LogP contribution in [0.1, 0.15) is 55.9 Å². The van der Waals surface area contributed by atoms with Crippen LogP contribution >= 0.6 is 0 Å². The van der Waals surface area contributed by atoms with Crippen LogP contribution in [0.2, 0.25) is 0 Å². The standard InChI is InChI=1S/C18H25N5O/c1-3-24-17-11-16(19-12-20-17)23-10-6-9-15(23)18-21-13-7-4-5-8-14(13)22(18)2/h11-12,15H,3-10H2,1-2H3. The van der Waals surface area contributed by atoms with Crippen molar-refractivity contribution in [2.24, 2.45) is 7.05 Å². The molecule has 0 aromatic carbocycles. The van der Waals surface area contributed by atoms with Crippen LogP contribution in [0.3, 0.4) is 0 Å². The second-order valence-electron chi connectivity index (χ2n) is 6.63. The molecule has 128 valence electrons. The van der Waals surface area contributed by atoms with Gasteiger partial charge in [-0.3, -0.25) is 0 Å². The highest BCUT2D eigenvalue weighted by Gasteiger charge is 2.32. The molecule has 0 spiro atoms. The van der Waals surface area contributed by atoms with E-state index in [1.54, 1.807) is 6.33 Å². The largest absolute Gasteiger partial charge is 0.478 e. The van der Waals surface area contributed by atoms with E-state index in [-0.39, 0.29) is 0 Å². The van der Waals surface area contributed by atoms with Gasteiger partial charge < -0.3 is 14.2 Å². The highest BCUT2D eigenvalue weighted by atomic mass is 16.5. The van der Waals surface area contributed by atoms with Crippen LogP contribution in [0.15, 0.2) is 12.4 Å². The van der Waals surface area contributed by atoms with Gasteiger partial charge in [0.2, 0.25) is 5.88 Å². The van der Waals surface area contributed by atoms with Gasteiger partial charge in [-0.2, -0.15) is 0 Å². The Morgan fingerprint density at radius 1 is 1.21 bits per heavy atom. The van der Waals surface area contributed by atoms with Gasteiger partial charge in [0.15, 0.2) is 0 Å². The Kier molecular flexibility index (Phi) is 4.12. The number of rotatable bonds is 4. The SMILES string of the molecule is CCOc1cc(N2CCCC2c2nc3c(n2C)CCCC3)ncn1. The molecule has 6 nitrogen and oxygen atoms in total. The summed E-state index contributed by atoms with van der Waals surface area (Å²) in [6.45, 7) is 3.59. The summed E-state index contributed by atoms with van der Waals surface area (Å²) >= 11 is 0. The van der Waals surface area contributed by atoms with Gasteiger partial charge in [-0.15, -0.1) is 0 Å². The molecule has 1 aliphatic heterocycles. The van der Waals surface area contributed by atoms with Gasteiger partial charge in [-0.1, -0.05) is 0 Å². The van der Waals surface area contributed by atoms with Gasteiger partial charge in [-0.25, -0.2) is 15.0 Å². The predicted molar refractivity (Wildman–Crippen MR) is 92.4 cm³/mol. The van der Waals surface area contributed by atoms with E-state index >= 15 is 0 Å². The quantitative estimate of drug-likeness (QED) is 0.864. The summed E-state index contributed by atoms with van der Waals surface area (Å²) in [6, 6.07) is 2.25. The van der Waals surface area contributed by atoms with Crippen molar-refractivity contribution in [1.29, 1.82) is 0 Å². The molecule has 0 radical (unpaired) electrons. The lowest BCUT2D eigenvalue weighted by Gasteiger charge is -2.25. The monoisotopic (exact) mass is 327 g/mol. The molecule has 1 aliphatic carbocycles. The maximum atomic E-state index is 5.54. The Labute approximate surface area is 142 Å². The van der Waals surface area contributed by atoms with E-state index in [4.69, 9.17) is 9.72 Å². The Morgan fingerprint density at radius 2 is 2.08 bits per heavy atom. The van der Waals surface area contributed by atoms with Crippen molar-refractivity contribution >= 4 is 5.82 Å². The minimum Gasteiger partial charge on any atom is -0.478 e. The minimum atomic E-state index is 0.296. The molecule has 3 heterocycles. The first kappa shape index (κ1) is 15.4. The van der Waals surface area contributed by atoms with Crippen molar-refractivity contribution in [3.8, 4) is 5.88 Å². The molecule has 0 bridgehead atoms. The van der Waals surface area contributed by atoms with E-state index in [1.807, 2.05) is 13.0 Å². The number of hydrogen-bond donors (Lipinski definition) is 0. The predicted octanol–water partition coefficient (Wildman–Crippen LogP) is 2.83. The Bertz CT molecular complexity index is 726. The first-order chi connectivity index (χ1) is 11.8. The van der Waals surface area contributed by atoms with E-state index in [2.05, 4.69) is 26.5 Å². The van der Waals surface area contributed by atoms with Crippen molar-refractivity contribution in [3.63, 3.8) is 0 Å². The summed E-state index contributed by atoms with van der Waals surface area (Å²) in [5.41, 5.74) is 2.74. The van der Waals surface area contributed by atoms with Crippen LogP contribution in [0, 0.1) is 0 Å². The lowest BCUT2D eigenvalue weighted by molar-refractivity contribution is 0.326. The van der Waals surface area contributed by atoms with Crippen molar-refractivity contribution in [3.05, 3.63) is 29.6 Å². The van der Waals surface area contributed by atoms with Crippen molar-refractivity contribution in [2.75, 3.05) is 18.1 Å². The zero-order chi connectivity index (χ0) is 16.5. The average Bonchev–Trinajstić information content (AvgIpc) is 3.21. The molecule has 2 aliphatic rings. The summed E-state index contributed by atoms with van der Waals surface area (Å²) in [7, 11) is 2.18. The molecule has 0 amide bonds. The Balaban J connectivity index is 1.66. The van der Waals surface area contributed by atoms with Gasteiger partial charge in [0.05, 0.1) is 18.3 Å². The molecule has 1 fully saturated rings. The highest BCUT2D eigenvalue weighted by molar-refractivity contribution is 5.44. The normalized spacial score (nSPS) is 20.2. The maximum absolute atomic E-state index is 5.54. The minimum absolute atomic E-state index is 0.296. The van der Waals surface area contributed by atoms with Gasteiger partial charge in [0.25, 0.3) is 0 Å². The summed E-state index contributed by atoms with van der Waals surface area (Å²) in [6.07, 6.45) is 8.71. The Hall–Kier alpha value is -2.11. The molecule has 0 N–H and O–H groups in total. The third-order valence-corrected chi connectivity index (χ3v) is 5.17. The van der Waals surface area contributed by atoms with Crippen LogP contribution in [0.4, 0.5) is 5.82 Å². The van der Waals surface area contributed by atoms with Crippen LogP contribution in [0.5, 0.6) is 5.88 Å². The maximum Gasteiger partial charge on any atom is 0.218 e. The summed E-state index contributed by atoms with van der Waals surface area (Å²) in [4.78, 5) is 16.0. The van der Waals surface area contributed by atoms with Crippen molar-refractivity contribution in [1.82, 2.24) is 19.5 Å². The fourth-order valence-corrected chi connectivity index (χ4v) is 4.03. The van der Waals surface area contributed by atoms with E-state index in [1.165, 1.54) is 30.1 Å². The van der Waals surface area contributed by atoms with Crippen LogP contribution in [0.25, 0.3) is 0 Å². The van der Waals surface area contributed by atoms with E-state index in [9.17, 15) is 0 Å². The number of anilines is 1. The molecule has 1 unspecified atom stereocenters. The third-order valence-electron chi connectivity index (χ3n) is 5.17. The highest BCUT2D eigenvalue weighted by Crippen LogP contribution is 2.36. The number of aryl methyl sites for hydroxylation is 1. The molecule has 2 aromatic rings. The van der Waals surface area contributed by atoms with Gasteiger partial charge >= 0.3 is 0 Å². The first-order valence-electron chi connectivity index (χ1n) is 9.03. The molecule has 4 rings (SSSR count). The molecular weight excluding hydrogens is 302 g/mol. The first-order valence-corrected chi connectivity index (χ1v) is 9.03. The fraction of sp³-hybridized carbons (Fsp3) is 0.611. The number of imidazole rings is 1. The average molecular weight is 327 g/mol. The lowest BCUT2D eigenvalue weighted by atomic mass is 10.0. The summed E-state index contributed by atoms with van der Waals surface area (Å²) in [5, 5.41) is 0.